The molecule has 2 aliphatic heterocycles. The van der Waals surface area contributed by atoms with E-state index in [0.717, 1.165) is 16.8 Å². The summed E-state index contributed by atoms with van der Waals surface area (Å²) in [5.41, 5.74) is 3.35. The fourth-order valence-corrected chi connectivity index (χ4v) is 3.35. The molecule has 1 aliphatic carbocycles. The van der Waals surface area contributed by atoms with Gasteiger partial charge in [-0.1, -0.05) is 84.8 Å². The molecule has 29 heavy (non-hydrogen) atoms. The van der Waals surface area contributed by atoms with Crippen LogP contribution in [-0.2, 0) is 33.7 Å². The molecule has 0 spiro atoms. The Balaban J connectivity index is 0.000000352. The third-order valence-corrected chi connectivity index (χ3v) is 4.87. The first kappa shape index (κ1) is 21.5. The van der Waals surface area contributed by atoms with Crippen LogP contribution in [0.3, 0.4) is 0 Å². The minimum absolute atomic E-state index is 0. The van der Waals surface area contributed by atoms with Crippen LogP contribution in [0.1, 0.15) is 36.9 Å². The first-order valence-corrected chi connectivity index (χ1v) is 9.74. The number of hydrogen-bond acceptors (Lipinski definition) is 2. The molecule has 0 amide bonds. The van der Waals surface area contributed by atoms with Crippen molar-refractivity contribution in [3.05, 3.63) is 101 Å². The van der Waals surface area contributed by atoms with Crippen LogP contribution in [0.25, 0.3) is 17.1 Å². The zero-order valence-corrected chi connectivity index (χ0v) is 20.5. The van der Waals surface area contributed by atoms with E-state index in [2.05, 4.69) is 22.6 Å². The predicted octanol–water partition coefficient (Wildman–Crippen LogP) is 4.82. The topological polar surface area (TPSA) is 50.7 Å². The normalized spacial score (nSPS) is 12.8. The van der Waals surface area contributed by atoms with E-state index >= 15 is 0 Å². The minimum atomic E-state index is -0.0914. The van der Waals surface area contributed by atoms with E-state index in [1.54, 1.807) is 10.8 Å². The SMILES string of the molecule is O=c1c(Cc2ccccc2)nc2[c-][nH]c(-c3ccccc3)cn1-2.[CH-]1CCCC1.[Cd+2]. The molecule has 2 heterocycles. The van der Waals surface area contributed by atoms with Crippen molar-refractivity contribution in [3.8, 4) is 17.1 Å². The summed E-state index contributed by atoms with van der Waals surface area (Å²) < 4.78 is 1.55. The van der Waals surface area contributed by atoms with Gasteiger partial charge in [0.25, 0.3) is 5.56 Å². The van der Waals surface area contributed by atoms with E-state index in [-0.39, 0.29) is 32.9 Å². The van der Waals surface area contributed by atoms with Gasteiger partial charge in [0.2, 0.25) is 0 Å². The van der Waals surface area contributed by atoms with Crippen molar-refractivity contribution in [2.45, 2.75) is 32.1 Å². The molecule has 4 nitrogen and oxygen atoms in total. The second-order valence-corrected chi connectivity index (χ2v) is 6.95. The Labute approximate surface area is 191 Å². The van der Waals surface area contributed by atoms with E-state index in [4.69, 9.17) is 0 Å². The number of imidazole rings is 1. The molecule has 2 aromatic rings. The maximum Gasteiger partial charge on any atom is 2.00 e. The number of benzene rings is 2. The van der Waals surface area contributed by atoms with Gasteiger partial charge in [-0.3, -0.25) is 9.36 Å². The molecule has 5 rings (SSSR count). The summed E-state index contributed by atoms with van der Waals surface area (Å²) in [5.74, 6) is 0.514. The summed E-state index contributed by atoms with van der Waals surface area (Å²) >= 11 is 0. The average Bonchev–Trinajstić information content (AvgIpc) is 3.43. The van der Waals surface area contributed by atoms with Gasteiger partial charge in [0, 0.05) is 6.42 Å². The second-order valence-electron chi connectivity index (χ2n) is 6.95. The van der Waals surface area contributed by atoms with Gasteiger partial charge in [0.1, 0.15) is 5.69 Å². The zero-order valence-electron chi connectivity index (χ0n) is 16.5. The fourth-order valence-electron chi connectivity index (χ4n) is 3.35. The van der Waals surface area contributed by atoms with Crippen LogP contribution in [0.2, 0.25) is 0 Å². The van der Waals surface area contributed by atoms with Crippen LogP contribution in [0.5, 0.6) is 0 Å². The van der Waals surface area contributed by atoms with Crippen LogP contribution >= 0.6 is 0 Å². The van der Waals surface area contributed by atoms with Gasteiger partial charge in [-0.05, 0) is 11.8 Å². The number of aromatic amines is 1. The smallest absolute Gasteiger partial charge is 0.519 e. The third-order valence-electron chi connectivity index (χ3n) is 4.87. The van der Waals surface area contributed by atoms with Crippen LogP contribution in [0, 0.1) is 12.6 Å². The summed E-state index contributed by atoms with van der Waals surface area (Å²) in [7, 11) is 0. The Morgan fingerprint density at radius 2 is 1.66 bits per heavy atom. The molecule has 0 saturated heterocycles. The van der Waals surface area contributed by atoms with Gasteiger partial charge in [-0.25, -0.2) is 4.98 Å². The fraction of sp³-hybridized carbons (Fsp3) is 0.208. The quantitative estimate of drug-likeness (QED) is 0.337. The Morgan fingerprint density at radius 1 is 1.00 bits per heavy atom. The molecule has 0 atom stereocenters. The first-order valence-electron chi connectivity index (χ1n) is 9.74. The summed E-state index contributed by atoms with van der Waals surface area (Å²) in [5, 5.41) is 0. The number of hydrogen-bond donors (Lipinski definition) is 1. The van der Waals surface area contributed by atoms with Crippen molar-refractivity contribution in [2.24, 2.45) is 0 Å². The van der Waals surface area contributed by atoms with Crippen molar-refractivity contribution < 1.29 is 27.3 Å². The predicted molar refractivity (Wildman–Crippen MR) is 112 cm³/mol. The second kappa shape index (κ2) is 10.5. The summed E-state index contributed by atoms with van der Waals surface area (Å²) in [6.45, 7) is 0. The van der Waals surface area contributed by atoms with Gasteiger partial charge >= 0.3 is 27.3 Å². The van der Waals surface area contributed by atoms with Crippen molar-refractivity contribution >= 4 is 0 Å². The summed E-state index contributed by atoms with van der Waals surface area (Å²) in [4.78, 5) is 20.1. The number of H-pyrrole nitrogens is 1. The maximum absolute atomic E-state index is 12.6. The van der Waals surface area contributed by atoms with Crippen LogP contribution in [-0.4, -0.2) is 14.5 Å². The van der Waals surface area contributed by atoms with Gasteiger partial charge in [-0.15, -0.1) is 6.20 Å². The molecule has 0 bridgehead atoms. The third kappa shape index (κ3) is 5.44. The molecule has 3 aliphatic rings. The number of rotatable bonds is 3. The Kier molecular flexibility index (Phi) is 7.80. The van der Waals surface area contributed by atoms with Crippen LogP contribution in [0.4, 0.5) is 0 Å². The van der Waals surface area contributed by atoms with Gasteiger partial charge in [0.15, 0.2) is 0 Å². The van der Waals surface area contributed by atoms with E-state index < -0.39 is 0 Å². The molecule has 0 radical (unpaired) electrons. The standard InChI is InChI=1S/C19H14N3O.C5H9.Cd/c23-19-16(11-14-7-3-1-4-8-14)21-18-12-20-17(13-22(18)19)15-9-5-2-6-10-15;1-2-4-5-3-1;/h1-10,13,20H,11H2;1H,2-5H2;/q2*-1;+2. The molecular weight excluding hydrogens is 459 g/mol. The minimum Gasteiger partial charge on any atom is -0.519 e. The maximum atomic E-state index is 12.6. The van der Waals surface area contributed by atoms with Crippen LogP contribution in [0.15, 0.2) is 71.7 Å². The zero-order chi connectivity index (χ0) is 19.2. The van der Waals surface area contributed by atoms with E-state index in [1.165, 1.54) is 25.7 Å². The molecule has 142 valence electrons. The molecule has 0 aromatic heterocycles. The summed E-state index contributed by atoms with van der Waals surface area (Å²) in [6, 6.07) is 19.7. The monoisotopic (exact) mass is 483 g/mol. The van der Waals surface area contributed by atoms with Crippen molar-refractivity contribution in [1.29, 1.82) is 0 Å². The van der Waals surface area contributed by atoms with Gasteiger partial charge in [0.05, 0.1) is 5.82 Å². The van der Waals surface area contributed by atoms with Gasteiger partial charge < -0.3 is 11.4 Å². The summed E-state index contributed by atoms with van der Waals surface area (Å²) in [6.07, 6.45) is 13.3. The number of nitrogens with one attached hydrogen (secondary N) is 1. The molecule has 1 N–H and O–H groups in total. The Morgan fingerprint density at radius 3 is 2.28 bits per heavy atom. The van der Waals surface area contributed by atoms with Crippen molar-refractivity contribution in [1.82, 2.24) is 14.5 Å². The average molecular weight is 482 g/mol. The van der Waals surface area contributed by atoms with E-state index in [9.17, 15) is 4.79 Å². The van der Waals surface area contributed by atoms with Crippen molar-refractivity contribution in [3.63, 3.8) is 0 Å². The Bertz CT molecular complexity index is 1030. The first-order chi connectivity index (χ1) is 13.8. The molecule has 1 saturated carbocycles. The number of nitrogens with zero attached hydrogens (tertiary/aromatic N) is 2. The molecule has 1 fully saturated rings. The molecule has 0 unspecified atom stereocenters. The molecule has 5 heteroatoms. The Hall–Kier alpha value is -2.22. The van der Waals surface area contributed by atoms with Crippen LogP contribution < -0.4 is 5.56 Å². The molecular formula is C24H23CdN3O. The largest absolute Gasteiger partial charge is 2.00 e. The molecule has 2 aromatic carbocycles. The van der Waals surface area contributed by atoms with E-state index in [0.29, 0.717) is 17.9 Å². The van der Waals surface area contributed by atoms with E-state index in [1.807, 2.05) is 60.7 Å². The number of fused-ring (bicyclic) bond motifs is 1. The number of aromatic nitrogens is 3. The van der Waals surface area contributed by atoms with Gasteiger partial charge in [-0.2, -0.15) is 12.8 Å². The van der Waals surface area contributed by atoms with Crippen molar-refractivity contribution in [2.75, 3.05) is 0 Å².